The molecule has 1 saturated carbocycles. The number of hydrogen-bond donors (Lipinski definition) is 0. The zero-order valence-electron chi connectivity index (χ0n) is 20.5. The zero-order chi connectivity index (χ0) is 24.3. The van der Waals surface area contributed by atoms with Gasteiger partial charge in [-0.05, 0) is 49.1 Å². The van der Waals surface area contributed by atoms with Crippen molar-refractivity contribution in [1.82, 2.24) is 14.4 Å². The molecule has 1 heterocycles. The Morgan fingerprint density at radius 1 is 1.09 bits per heavy atom. The Kier molecular flexibility index (Phi) is 10.1. The van der Waals surface area contributed by atoms with Gasteiger partial charge in [0.15, 0.2) is 0 Å². The Morgan fingerprint density at radius 3 is 2.50 bits per heavy atom. The fraction of sp³-hybridized carbons (Fsp3) is 0.556. The molecule has 0 atom stereocenters. The van der Waals surface area contributed by atoms with E-state index in [1.54, 1.807) is 17.0 Å². The second-order valence-corrected chi connectivity index (χ2v) is 9.17. The number of ether oxygens (including phenoxy) is 1. The molecule has 186 valence electrons. The van der Waals surface area contributed by atoms with E-state index in [9.17, 15) is 14.0 Å². The van der Waals surface area contributed by atoms with Crippen LogP contribution in [0.4, 0.5) is 4.39 Å². The molecule has 0 N–H and O–H groups in total. The van der Waals surface area contributed by atoms with Gasteiger partial charge < -0.3 is 19.1 Å². The molecule has 0 unspecified atom stereocenters. The second kappa shape index (κ2) is 13.3. The predicted molar refractivity (Wildman–Crippen MR) is 131 cm³/mol. The molecular formula is C27H38FN3O3. The van der Waals surface area contributed by atoms with E-state index in [0.29, 0.717) is 19.6 Å². The Morgan fingerprint density at radius 2 is 1.82 bits per heavy atom. The maximum absolute atomic E-state index is 13.6. The molecule has 1 aliphatic rings. The SMILES string of the molecule is CCCCN(CC(=O)N(Cc1cccn1Cc1ccc(F)cc1)C1CCCCC1)C(=O)COC. The van der Waals surface area contributed by atoms with E-state index in [-0.39, 0.29) is 36.8 Å². The Balaban J connectivity index is 1.77. The fourth-order valence-electron chi connectivity index (χ4n) is 4.63. The molecule has 1 aliphatic carbocycles. The molecule has 1 aromatic carbocycles. The minimum absolute atomic E-state index is 0.0120. The van der Waals surface area contributed by atoms with Crippen LogP contribution < -0.4 is 0 Å². The van der Waals surface area contributed by atoms with E-state index in [1.807, 2.05) is 23.2 Å². The second-order valence-electron chi connectivity index (χ2n) is 9.17. The van der Waals surface area contributed by atoms with E-state index < -0.39 is 0 Å². The number of carbonyl (C=O) groups is 2. The van der Waals surface area contributed by atoms with Crippen LogP contribution in [-0.4, -0.2) is 59.0 Å². The van der Waals surface area contributed by atoms with Crippen molar-refractivity contribution in [2.24, 2.45) is 0 Å². The highest BCUT2D eigenvalue weighted by Gasteiger charge is 2.28. The topological polar surface area (TPSA) is 54.8 Å². The van der Waals surface area contributed by atoms with Crippen LogP contribution in [0, 0.1) is 5.82 Å². The van der Waals surface area contributed by atoms with Crippen molar-refractivity contribution >= 4 is 11.8 Å². The van der Waals surface area contributed by atoms with Crippen molar-refractivity contribution in [3.05, 3.63) is 59.7 Å². The van der Waals surface area contributed by atoms with Gasteiger partial charge in [-0.1, -0.05) is 44.7 Å². The van der Waals surface area contributed by atoms with Crippen molar-refractivity contribution in [2.45, 2.75) is 71.0 Å². The van der Waals surface area contributed by atoms with Gasteiger partial charge in [-0.15, -0.1) is 0 Å². The first-order valence-corrected chi connectivity index (χ1v) is 12.5. The number of benzene rings is 1. The molecular weight excluding hydrogens is 433 g/mol. The Hall–Kier alpha value is -2.67. The fourth-order valence-corrected chi connectivity index (χ4v) is 4.63. The molecule has 0 radical (unpaired) electrons. The first kappa shape index (κ1) is 25.9. The number of hydrogen-bond acceptors (Lipinski definition) is 3. The molecule has 2 aromatic rings. The largest absolute Gasteiger partial charge is 0.375 e. The summed E-state index contributed by atoms with van der Waals surface area (Å²) >= 11 is 0. The van der Waals surface area contributed by atoms with Crippen LogP contribution in [0.25, 0.3) is 0 Å². The van der Waals surface area contributed by atoms with Gasteiger partial charge in [0, 0.05) is 38.1 Å². The van der Waals surface area contributed by atoms with Gasteiger partial charge in [0.1, 0.15) is 12.4 Å². The van der Waals surface area contributed by atoms with Gasteiger partial charge in [0.05, 0.1) is 13.1 Å². The normalized spacial score (nSPS) is 14.2. The first-order chi connectivity index (χ1) is 16.5. The number of amides is 2. The average molecular weight is 472 g/mol. The van der Waals surface area contributed by atoms with Gasteiger partial charge in [0.25, 0.3) is 0 Å². The lowest BCUT2D eigenvalue weighted by atomic mass is 9.94. The average Bonchev–Trinajstić information content (AvgIpc) is 3.28. The summed E-state index contributed by atoms with van der Waals surface area (Å²) in [5.74, 6) is -0.407. The molecule has 1 fully saturated rings. The maximum Gasteiger partial charge on any atom is 0.249 e. The van der Waals surface area contributed by atoms with Crippen LogP contribution in [0.15, 0.2) is 42.6 Å². The van der Waals surface area contributed by atoms with E-state index in [2.05, 4.69) is 11.5 Å². The van der Waals surface area contributed by atoms with Gasteiger partial charge in [-0.2, -0.15) is 0 Å². The van der Waals surface area contributed by atoms with Crippen molar-refractivity contribution < 1.29 is 18.7 Å². The standard InChI is InChI=1S/C27H38FN3O3/c1-3-4-16-30(27(33)21-34-2)20-26(32)31(24-9-6-5-7-10-24)19-25-11-8-17-29(25)18-22-12-14-23(28)15-13-22/h8,11-15,17,24H,3-7,9-10,16,18-21H2,1-2H3. The van der Waals surface area contributed by atoms with Gasteiger partial charge in [-0.3, -0.25) is 9.59 Å². The molecule has 0 aliphatic heterocycles. The lowest BCUT2D eigenvalue weighted by molar-refractivity contribution is -0.144. The minimum Gasteiger partial charge on any atom is -0.375 e. The quantitative estimate of drug-likeness (QED) is 0.454. The van der Waals surface area contributed by atoms with Crippen LogP contribution in [-0.2, 0) is 27.4 Å². The van der Waals surface area contributed by atoms with Crippen LogP contribution in [0.5, 0.6) is 0 Å². The summed E-state index contributed by atoms with van der Waals surface area (Å²) in [5, 5.41) is 0. The summed E-state index contributed by atoms with van der Waals surface area (Å²) in [6, 6.07) is 10.7. The zero-order valence-corrected chi connectivity index (χ0v) is 20.5. The number of aromatic nitrogens is 1. The van der Waals surface area contributed by atoms with Crippen LogP contribution in [0.2, 0.25) is 0 Å². The summed E-state index contributed by atoms with van der Waals surface area (Å²) in [4.78, 5) is 29.8. The highest BCUT2D eigenvalue weighted by molar-refractivity contribution is 5.85. The van der Waals surface area contributed by atoms with Gasteiger partial charge in [0.2, 0.25) is 11.8 Å². The molecule has 34 heavy (non-hydrogen) atoms. The van der Waals surface area contributed by atoms with Crippen LogP contribution in [0.3, 0.4) is 0 Å². The molecule has 0 bridgehead atoms. The number of halogens is 1. The molecule has 7 heteroatoms. The summed E-state index contributed by atoms with van der Waals surface area (Å²) in [6.07, 6.45) is 9.23. The monoisotopic (exact) mass is 471 g/mol. The highest BCUT2D eigenvalue weighted by atomic mass is 19.1. The maximum atomic E-state index is 13.6. The minimum atomic E-state index is -0.249. The number of methoxy groups -OCH3 is 1. The van der Waals surface area contributed by atoms with Crippen molar-refractivity contribution in [1.29, 1.82) is 0 Å². The first-order valence-electron chi connectivity index (χ1n) is 12.5. The summed E-state index contributed by atoms with van der Waals surface area (Å²) in [6.45, 7) is 3.81. The lowest BCUT2D eigenvalue weighted by Gasteiger charge is -2.36. The third-order valence-corrected chi connectivity index (χ3v) is 6.59. The molecule has 0 saturated heterocycles. The Labute approximate surface area is 202 Å². The van der Waals surface area contributed by atoms with Gasteiger partial charge in [-0.25, -0.2) is 4.39 Å². The summed E-state index contributed by atoms with van der Waals surface area (Å²) < 4.78 is 20.5. The molecule has 6 nitrogen and oxygen atoms in total. The van der Waals surface area contributed by atoms with E-state index in [4.69, 9.17) is 4.74 Å². The third-order valence-electron chi connectivity index (χ3n) is 6.59. The molecule has 2 amide bonds. The summed E-state index contributed by atoms with van der Waals surface area (Å²) in [5.41, 5.74) is 2.04. The van der Waals surface area contributed by atoms with Crippen molar-refractivity contribution in [2.75, 3.05) is 26.8 Å². The highest BCUT2D eigenvalue weighted by Crippen LogP contribution is 2.25. The number of rotatable bonds is 12. The number of unbranched alkanes of at least 4 members (excludes halogenated alkanes) is 1. The van der Waals surface area contributed by atoms with Crippen molar-refractivity contribution in [3.63, 3.8) is 0 Å². The predicted octanol–water partition coefficient (Wildman–Crippen LogP) is 4.61. The number of nitrogens with zero attached hydrogens (tertiary/aromatic N) is 3. The van der Waals surface area contributed by atoms with E-state index >= 15 is 0 Å². The van der Waals surface area contributed by atoms with E-state index in [1.165, 1.54) is 25.7 Å². The van der Waals surface area contributed by atoms with Crippen LogP contribution >= 0.6 is 0 Å². The molecule has 0 spiro atoms. The smallest absolute Gasteiger partial charge is 0.249 e. The number of carbonyl (C=O) groups excluding carboxylic acids is 2. The molecule has 1 aromatic heterocycles. The molecule has 3 rings (SSSR count). The van der Waals surface area contributed by atoms with Crippen molar-refractivity contribution in [3.8, 4) is 0 Å². The van der Waals surface area contributed by atoms with E-state index in [0.717, 1.165) is 49.8 Å². The third kappa shape index (κ3) is 7.42. The Bertz CT molecular complexity index is 906. The van der Waals surface area contributed by atoms with Crippen LogP contribution in [0.1, 0.15) is 63.1 Å². The summed E-state index contributed by atoms with van der Waals surface area (Å²) in [7, 11) is 1.50. The van der Waals surface area contributed by atoms with Gasteiger partial charge >= 0.3 is 0 Å². The lowest BCUT2D eigenvalue weighted by Crippen LogP contribution is -2.48.